The number of carbonyl (C=O) groups is 3. The van der Waals surface area contributed by atoms with Gasteiger partial charge in [-0.2, -0.15) is 0 Å². The Hall–Kier alpha value is -2.77. The number of carboxylic acids is 1. The zero-order valence-electron chi connectivity index (χ0n) is 15.7. The van der Waals surface area contributed by atoms with Gasteiger partial charge in [-0.1, -0.05) is 30.3 Å². The summed E-state index contributed by atoms with van der Waals surface area (Å²) in [5, 5.41) is 14.2. The number of carboxylic acid groups (broad SMARTS) is 1. The van der Waals surface area contributed by atoms with E-state index in [-0.39, 0.29) is 6.61 Å². The van der Waals surface area contributed by atoms with Crippen LogP contribution in [-0.4, -0.2) is 40.4 Å². The molecule has 0 unspecified atom stereocenters. The summed E-state index contributed by atoms with van der Waals surface area (Å²) in [5.74, 6) is -1.32. The third-order valence-electron chi connectivity index (χ3n) is 3.27. The topological polar surface area (TPSA) is 114 Å². The van der Waals surface area contributed by atoms with Gasteiger partial charge in [0.15, 0.2) is 6.04 Å². The molecule has 1 rings (SSSR count). The summed E-state index contributed by atoms with van der Waals surface area (Å²) in [6.45, 7) is 7.99. The number of ether oxygens (including phenoxy) is 2. The van der Waals surface area contributed by atoms with Crippen molar-refractivity contribution in [1.29, 1.82) is 0 Å². The second kappa shape index (κ2) is 8.55. The van der Waals surface area contributed by atoms with E-state index in [0.717, 1.165) is 5.56 Å². The lowest BCUT2D eigenvalue weighted by atomic mass is 9.95. The SMILES string of the molecule is CC(C)(C)OC(=O)NC(C)(C)[C@H](NC(=O)OCc1ccccc1)C(=O)O. The Morgan fingerprint density at radius 1 is 1.04 bits per heavy atom. The van der Waals surface area contributed by atoms with E-state index in [9.17, 15) is 19.5 Å². The van der Waals surface area contributed by atoms with E-state index in [1.165, 1.54) is 13.8 Å². The van der Waals surface area contributed by atoms with E-state index in [1.54, 1.807) is 45.0 Å². The van der Waals surface area contributed by atoms with Crippen LogP contribution in [0.3, 0.4) is 0 Å². The molecular formula is C18H26N2O6. The number of nitrogens with one attached hydrogen (secondary N) is 2. The minimum absolute atomic E-state index is 0.00106. The monoisotopic (exact) mass is 366 g/mol. The highest BCUT2D eigenvalue weighted by molar-refractivity contribution is 5.82. The third kappa shape index (κ3) is 7.42. The van der Waals surface area contributed by atoms with Crippen molar-refractivity contribution in [2.24, 2.45) is 0 Å². The molecule has 0 spiro atoms. The summed E-state index contributed by atoms with van der Waals surface area (Å²) in [5.41, 5.74) is -1.29. The zero-order chi connectivity index (χ0) is 20.0. The molecule has 3 N–H and O–H groups in total. The van der Waals surface area contributed by atoms with Crippen LogP contribution < -0.4 is 10.6 Å². The van der Waals surface area contributed by atoms with Crippen molar-refractivity contribution in [3.63, 3.8) is 0 Å². The summed E-state index contributed by atoms with van der Waals surface area (Å²) >= 11 is 0. The number of hydrogen-bond donors (Lipinski definition) is 3. The minimum atomic E-state index is -1.42. The molecule has 0 aromatic heterocycles. The standard InChI is InChI=1S/C18H26N2O6/c1-17(2,3)26-16(24)20-18(4,5)13(14(21)22)19-15(23)25-11-12-9-7-6-8-10-12/h6-10,13H,11H2,1-5H3,(H,19,23)(H,20,24)(H,21,22)/t13-/m1/s1. The van der Waals surface area contributed by atoms with E-state index in [0.29, 0.717) is 0 Å². The average Bonchev–Trinajstić information content (AvgIpc) is 2.48. The molecule has 0 fully saturated rings. The number of carbonyl (C=O) groups excluding carboxylic acids is 2. The predicted molar refractivity (Wildman–Crippen MR) is 94.6 cm³/mol. The molecule has 0 bridgehead atoms. The first-order valence-corrected chi connectivity index (χ1v) is 8.12. The largest absolute Gasteiger partial charge is 0.480 e. The molecule has 0 saturated heterocycles. The lowest BCUT2D eigenvalue weighted by Crippen LogP contribution is -2.62. The molecule has 0 saturated carbocycles. The van der Waals surface area contributed by atoms with Gasteiger partial charge in [0.05, 0.1) is 5.54 Å². The fraction of sp³-hybridized carbons (Fsp3) is 0.500. The molecule has 0 aliphatic heterocycles. The molecule has 0 aliphatic rings. The van der Waals surface area contributed by atoms with Crippen LogP contribution in [0.25, 0.3) is 0 Å². The zero-order valence-corrected chi connectivity index (χ0v) is 15.7. The Morgan fingerprint density at radius 3 is 2.12 bits per heavy atom. The van der Waals surface area contributed by atoms with Crippen LogP contribution >= 0.6 is 0 Å². The summed E-state index contributed by atoms with van der Waals surface area (Å²) in [4.78, 5) is 35.4. The minimum Gasteiger partial charge on any atom is -0.480 e. The van der Waals surface area contributed by atoms with Crippen LogP contribution in [0.4, 0.5) is 9.59 Å². The van der Waals surface area contributed by atoms with Gasteiger partial charge in [-0.25, -0.2) is 14.4 Å². The molecule has 0 heterocycles. The van der Waals surface area contributed by atoms with Gasteiger partial charge in [0.2, 0.25) is 0 Å². The van der Waals surface area contributed by atoms with Crippen LogP contribution in [0.5, 0.6) is 0 Å². The molecule has 1 aromatic rings. The predicted octanol–water partition coefficient (Wildman–Crippen LogP) is 2.67. The van der Waals surface area contributed by atoms with Gasteiger partial charge < -0.3 is 25.2 Å². The number of hydrogen-bond acceptors (Lipinski definition) is 5. The van der Waals surface area contributed by atoms with Crippen molar-refractivity contribution in [3.8, 4) is 0 Å². The highest BCUT2D eigenvalue weighted by Crippen LogP contribution is 2.14. The summed E-state index contributed by atoms with van der Waals surface area (Å²) in [6.07, 6.45) is -1.69. The molecule has 2 amide bonds. The van der Waals surface area contributed by atoms with Gasteiger partial charge in [0.25, 0.3) is 0 Å². The second-order valence-electron chi connectivity index (χ2n) is 7.33. The Morgan fingerprint density at radius 2 is 1.62 bits per heavy atom. The Bertz CT molecular complexity index is 637. The molecule has 1 aromatic carbocycles. The fourth-order valence-electron chi connectivity index (χ4n) is 2.07. The van der Waals surface area contributed by atoms with Crippen LogP contribution in [0.15, 0.2) is 30.3 Å². The normalized spacial score (nSPS) is 12.7. The van der Waals surface area contributed by atoms with E-state index >= 15 is 0 Å². The third-order valence-corrected chi connectivity index (χ3v) is 3.27. The quantitative estimate of drug-likeness (QED) is 0.713. The number of benzene rings is 1. The number of rotatable bonds is 6. The number of alkyl carbamates (subject to hydrolysis) is 2. The first-order chi connectivity index (χ1) is 11.9. The van der Waals surface area contributed by atoms with Crippen molar-refractivity contribution < 1.29 is 29.0 Å². The fourth-order valence-corrected chi connectivity index (χ4v) is 2.07. The van der Waals surface area contributed by atoms with E-state index in [1.807, 2.05) is 6.07 Å². The van der Waals surface area contributed by atoms with Gasteiger partial charge in [0, 0.05) is 0 Å². The summed E-state index contributed by atoms with van der Waals surface area (Å²) in [6, 6.07) is 7.55. The lowest BCUT2D eigenvalue weighted by Gasteiger charge is -2.33. The summed E-state index contributed by atoms with van der Waals surface area (Å²) in [7, 11) is 0. The van der Waals surface area contributed by atoms with Crippen molar-refractivity contribution >= 4 is 18.2 Å². The highest BCUT2D eigenvalue weighted by Gasteiger charge is 2.39. The number of amides is 2. The van der Waals surface area contributed by atoms with Crippen LogP contribution in [0.2, 0.25) is 0 Å². The first-order valence-electron chi connectivity index (χ1n) is 8.12. The molecule has 26 heavy (non-hydrogen) atoms. The molecule has 1 atom stereocenters. The molecule has 8 nitrogen and oxygen atoms in total. The Balaban J connectivity index is 2.69. The number of aliphatic carboxylic acids is 1. The maximum Gasteiger partial charge on any atom is 0.408 e. The van der Waals surface area contributed by atoms with Crippen LogP contribution in [0, 0.1) is 0 Å². The van der Waals surface area contributed by atoms with Crippen molar-refractivity contribution in [1.82, 2.24) is 10.6 Å². The van der Waals surface area contributed by atoms with Crippen molar-refractivity contribution in [2.75, 3.05) is 0 Å². The molecule has 0 aliphatic carbocycles. The summed E-state index contributed by atoms with van der Waals surface area (Å²) < 4.78 is 10.2. The van der Waals surface area contributed by atoms with E-state index in [2.05, 4.69) is 10.6 Å². The van der Waals surface area contributed by atoms with Gasteiger partial charge in [0.1, 0.15) is 12.2 Å². The van der Waals surface area contributed by atoms with E-state index in [4.69, 9.17) is 9.47 Å². The molecular weight excluding hydrogens is 340 g/mol. The maximum atomic E-state index is 12.0. The molecule has 8 heteroatoms. The molecule has 144 valence electrons. The van der Waals surface area contributed by atoms with Crippen molar-refractivity contribution in [2.45, 2.75) is 58.4 Å². The lowest BCUT2D eigenvalue weighted by molar-refractivity contribution is -0.141. The van der Waals surface area contributed by atoms with E-state index < -0.39 is 35.3 Å². The van der Waals surface area contributed by atoms with Gasteiger partial charge in [-0.15, -0.1) is 0 Å². The van der Waals surface area contributed by atoms with Crippen molar-refractivity contribution in [3.05, 3.63) is 35.9 Å². The molecule has 0 radical (unpaired) electrons. The Kier molecular flexibility index (Phi) is 7.00. The van der Waals surface area contributed by atoms with Crippen LogP contribution in [0.1, 0.15) is 40.2 Å². The Labute approximate surface area is 152 Å². The van der Waals surface area contributed by atoms with Crippen LogP contribution in [-0.2, 0) is 20.9 Å². The first kappa shape index (κ1) is 21.3. The van der Waals surface area contributed by atoms with Gasteiger partial charge in [-0.3, -0.25) is 0 Å². The van der Waals surface area contributed by atoms with Gasteiger partial charge in [-0.05, 0) is 40.2 Å². The highest BCUT2D eigenvalue weighted by atomic mass is 16.6. The van der Waals surface area contributed by atoms with Gasteiger partial charge >= 0.3 is 18.2 Å². The maximum absolute atomic E-state index is 12.0. The average molecular weight is 366 g/mol. The smallest absolute Gasteiger partial charge is 0.408 e. The second-order valence-corrected chi connectivity index (χ2v) is 7.33.